The Labute approximate surface area is 133 Å². The van der Waals surface area contributed by atoms with Crippen molar-refractivity contribution in [2.24, 2.45) is 0 Å². The van der Waals surface area contributed by atoms with E-state index in [2.05, 4.69) is 6.92 Å². The zero-order chi connectivity index (χ0) is 16.1. The van der Waals surface area contributed by atoms with Crippen molar-refractivity contribution < 1.29 is 9.59 Å². The standard InChI is InChI=1S/C18H26N2O2/c1-4-16-6-5-13-20(16)17(21)12-9-14-7-10-15(11-8-14)18(22)19(2)3/h7-8,10-11,16H,4-6,9,12-13H2,1-3H3. The van der Waals surface area contributed by atoms with Gasteiger partial charge in [0.1, 0.15) is 0 Å². The highest BCUT2D eigenvalue weighted by atomic mass is 16.2. The summed E-state index contributed by atoms with van der Waals surface area (Å²) in [4.78, 5) is 27.8. The predicted molar refractivity (Wildman–Crippen MR) is 87.8 cm³/mol. The molecule has 4 heteroatoms. The molecule has 1 heterocycles. The average Bonchev–Trinajstić information content (AvgIpc) is 3.01. The molecule has 1 aromatic carbocycles. The van der Waals surface area contributed by atoms with Crippen LogP contribution in [0.4, 0.5) is 0 Å². The SMILES string of the molecule is CCC1CCCN1C(=O)CCc1ccc(C(=O)N(C)C)cc1. The first-order valence-electron chi connectivity index (χ1n) is 8.13. The van der Waals surface area contributed by atoms with Crippen molar-refractivity contribution in [2.45, 2.75) is 45.1 Å². The molecule has 1 saturated heterocycles. The van der Waals surface area contributed by atoms with Crippen molar-refractivity contribution in [3.63, 3.8) is 0 Å². The van der Waals surface area contributed by atoms with Crippen LogP contribution in [-0.4, -0.2) is 48.3 Å². The maximum atomic E-state index is 12.3. The average molecular weight is 302 g/mol. The second-order valence-electron chi connectivity index (χ2n) is 6.19. The number of benzene rings is 1. The Morgan fingerprint density at radius 2 is 1.91 bits per heavy atom. The third-order valence-electron chi connectivity index (χ3n) is 4.40. The summed E-state index contributed by atoms with van der Waals surface area (Å²) < 4.78 is 0. The van der Waals surface area contributed by atoms with Crippen LogP contribution >= 0.6 is 0 Å². The Morgan fingerprint density at radius 3 is 2.50 bits per heavy atom. The Bertz CT molecular complexity index is 522. The van der Waals surface area contributed by atoms with Gasteiger partial charge in [-0.05, 0) is 43.4 Å². The van der Waals surface area contributed by atoms with Crippen LogP contribution in [0.3, 0.4) is 0 Å². The van der Waals surface area contributed by atoms with Crippen LogP contribution in [0.15, 0.2) is 24.3 Å². The monoisotopic (exact) mass is 302 g/mol. The number of hydrogen-bond donors (Lipinski definition) is 0. The number of carbonyl (C=O) groups excluding carboxylic acids is 2. The lowest BCUT2D eigenvalue weighted by Gasteiger charge is -2.23. The molecule has 0 saturated carbocycles. The number of aryl methyl sites for hydroxylation is 1. The summed E-state index contributed by atoms with van der Waals surface area (Å²) in [6.45, 7) is 3.06. The molecule has 0 bridgehead atoms. The zero-order valence-electron chi connectivity index (χ0n) is 13.8. The van der Waals surface area contributed by atoms with Gasteiger partial charge in [0.05, 0.1) is 0 Å². The highest BCUT2D eigenvalue weighted by Gasteiger charge is 2.26. The number of rotatable bonds is 5. The lowest BCUT2D eigenvalue weighted by molar-refractivity contribution is -0.132. The number of carbonyl (C=O) groups is 2. The van der Waals surface area contributed by atoms with Gasteiger partial charge >= 0.3 is 0 Å². The van der Waals surface area contributed by atoms with E-state index in [1.807, 2.05) is 29.2 Å². The van der Waals surface area contributed by atoms with Crippen molar-refractivity contribution in [1.82, 2.24) is 9.80 Å². The van der Waals surface area contributed by atoms with Gasteiger partial charge in [-0.15, -0.1) is 0 Å². The zero-order valence-corrected chi connectivity index (χ0v) is 13.8. The minimum Gasteiger partial charge on any atom is -0.345 e. The first kappa shape index (κ1) is 16.5. The van der Waals surface area contributed by atoms with E-state index in [1.54, 1.807) is 19.0 Å². The molecule has 1 unspecified atom stereocenters. The number of nitrogens with zero attached hydrogens (tertiary/aromatic N) is 2. The maximum Gasteiger partial charge on any atom is 0.253 e. The topological polar surface area (TPSA) is 40.6 Å². The number of hydrogen-bond acceptors (Lipinski definition) is 2. The summed E-state index contributed by atoms with van der Waals surface area (Å²) in [6, 6.07) is 8.02. The molecule has 2 rings (SSSR count). The normalized spacial score (nSPS) is 17.6. The van der Waals surface area contributed by atoms with Crippen LogP contribution in [0, 0.1) is 0 Å². The predicted octanol–water partition coefficient (Wildman–Crippen LogP) is 2.72. The third-order valence-corrected chi connectivity index (χ3v) is 4.40. The fraction of sp³-hybridized carbons (Fsp3) is 0.556. The van der Waals surface area contributed by atoms with Crippen LogP contribution in [-0.2, 0) is 11.2 Å². The van der Waals surface area contributed by atoms with E-state index in [1.165, 1.54) is 0 Å². The van der Waals surface area contributed by atoms with Gasteiger partial charge in [0.2, 0.25) is 5.91 Å². The molecule has 22 heavy (non-hydrogen) atoms. The van der Waals surface area contributed by atoms with Crippen molar-refractivity contribution in [3.05, 3.63) is 35.4 Å². The van der Waals surface area contributed by atoms with Crippen LogP contribution < -0.4 is 0 Å². The third kappa shape index (κ3) is 3.87. The Morgan fingerprint density at radius 1 is 1.23 bits per heavy atom. The molecular weight excluding hydrogens is 276 g/mol. The number of likely N-dealkylation sites (tertiary alicyclic amines) is 1. The molecule has 0 spiro atoms. The summed E-state index contributed by atoms with van der Waals surface area (Å²) in [5.74, 6) is 0.267. The lowest BCUT2D eigenvalue weighted by atomic mass is 10.1. The van der Waals surface area contributed by atoms with Crippen LogP contribution in [0.25, 0.3) is 0 Å². The molecule has 0 N–H and O–H groups in total. The van der Waals surface area contributed by atoms with Gasteiger partial charge in [-0.2, -0.15) is 0 Å². The Balaban J connectivity index is 1.89. The van der Waals surface area contributed by atoms with Crippen LogP contribution in [0.2, 0.25) is 0 Å². The van der Waals surface area contributed by atoms with Crippen LogP contribution in [0.1, 0.15) is 48.5 Å². The Kier molecular flexibility index (Phi) is 5.58. The summed E-state index contributed by atoms with van der Waals surface area (Å²) in [7, 11) is 3.49. The second-order valence-corrected chi connectivity index (χ2v) is 6.19. The van der Waals surface area contributed by atoms with E-state index >= 15 is 0 Å². The summed E-state index contributed by atoms with van der Waals surface area (Å²) in [6.07, 6.45) is 4.61. The lowest BCUT2D eigenvalue weighted by Crippen LogP contribution is -2.35. The highest BCUT2D eigenvalue weighted by molar-refractivity contribution is 5.93. The van der Waals surface area contributed by atoms with E-state index in [9.17, 15) is 9.59 Å². The highest BCUT2D eigenvalue weighted by Crippen LogP contribution is 2.21. The molecule has 1 fully saturated rings. The van der Waals surface area contributed by atoms with Gasteiger partial charge in [0, 0.05) is 38.7 Å². The Hall–Kier alpha value is -1.84. The molecule has 2 amide bonds. The first-order valence-corrected chi connectivity index (χ1v) is 8.13. The molecular formula is C18H26N2O2. The largest absolute Gasteiger partial charge is 0.345 e. The van der Waals surface area contributed by atoms with E-state index < -0.39 is 0 Å². The van der Waals surface area contributed by atoms with E-state index in [-0.39, 0.29) is 11.8 Å². The van der Waals surface area contributed by atoms with Crippen molar-refractivity contribution in [3.8, 4) is 0 Å². The fourth-order valence-corrected chi connectivity index (χ4v) is 3.06. The van der Waals surface area contributed by atoms with Gasteiger partial charge in [0.15, 0.2) is 0 Å². The molecule has 1 aromatic rings. The van der Waals surface area contributed by atoms with Gasteiger partial charge in [-0.25, -0.2) is 0 Å². The summed E-state index contributed by atoms with van der Waals surface area (Å²) >= 11 is 0. The summed E-state index contributed by atoms with van der Waals surface area (Å²) in [5, 5.41) is 0. The molecule has 0 aliphatic carbocycles. The van der Waals surface area contributed by atoms with E-state index in [4.69, 9.17) is 0 Å². The molecule has 120 valence electrons. The molecule has 0 aromatic heterocycles. The van der Waals surface area contributed by atoms with Crippen molar-refractivity contribution >= 4 is 11.8 Å². The molecule has 0 radical (unpaired) electrons. The second kappa shape index (κ2) is 7.43. The number of amides is 2. The van der Waals surface area contributed by atoms with Gasteiger partial charge in [-0.3, -0.25) is 9.59 Å². The van der Waals surface area contributed by atoms with Crippen molar-refractivity contribution in [2.75, 3.05) is 20.6 Å². The first-order chi connectivity index (χ1) is 10.5. The van der Waals surface area contributed by atoms with E-state index in [0.717, 1.165) is 37.8 Å². The minimum atomic E-state index is 0.00507. The molecule has 1 atom stereocenters. The van der Waals surface area contributed by atoms with Crippen molar-refractivity contribution in [1.29, 1.82) is 0 Å². The molecule has 4 nitrogen and oxygen atoms in total. The minimum absolute atomic E-state index is 0.00507. The maximum absolute atomic E-state index is 12.3. The van der Waals surface area contributed by atoms with Gasteiger partial charge < -0.3 is 9.80 Å². The quantitative estimate of drug-likeness (QED) is 0.839. The molecule has 1 aliphatic rings. The summed E-state index contributed by atoms with van der Waals surface area (Å²) in [5.41, 5.74) is 1.79. The van der Waals surface area contributed by atoms with Gasteiger partial charge in [0.25, 0.3) is 5.91 Å². The van der Waals surface area contributed by atoms with Crippen LogP contribution in [0.5, 0.6) is 0 Å². The van der Waals surface area contributed by atoms with Gasteiger partial charge in [-0.1, -0.05) is 19.1 Å². The van der Waals surface area contributed by atoms with E-state index in [0.29, 0.717) is 18.0 Å². The molecule has 1 aliphatic heterocycles. The fourth-order valence-electron chi connectivity index (χ4n) is 3.06. The smallest absolute Gasteiger partial charge is 0.253 e.